The van der Waals surface area contributed by atoms with Gasteiger partial charge in [-0.1, -0.05) is 0 Å². The molecule has 2 nitrogen and oxygen atoms in total. The second kappa shape index (κ2) is 3.46. The van der Waals surface area contributed by atoms with Crippen LogP contribution in [0.3, 0.4) is 0 Å². The van der Waals surface area contributed by atoms with E-state index >= 15 is 0 Å². The molecule has 80 valence electrons. The summed E-state index contributed by atoms with van der Waals surface area (Å²) in [5.74, 6) is 0.572. The van der Waals surface area contributed by atoms with Crippen molar-refractivity contribution in [1.29, 1.82) is 0 Å². The smallest absolute Gasteiger partial charge is 0.137 e. The fourth-order valence-electron chi connectivity index (χ4n) is 1.88. The van der Waals surface area contributed by atoms with E-state index in [1.165, 1.54) is 12.8 Å². The Bertz CT molecular complexity index is 406. The number of benzene rings is 1. The molecule has 4 heteroatoms. The van der Waals surface area contributed by atoms with E-state index in [1.807, 2.05) is 0 Å². The molecule has 2 aliphatic rings. The minimum Gasteiger partial charge on any atom is -0.491 e. The van der Waals surface area contributed by atoms with Crippen molar-refractivity contribution in [2.75, 3.05) is 6.61 Å². The van der Waals surface area contributed by atoms with Gasteiger partial charge in [0.15, 0.2) is 0 Å². The fraction of sp³-hybridized carbons (Fsp3) is 0.455. The van der Waals surface area contributed by atoms with Crippen LogP contribution in [0.15, 0.2) is 16.6 Å². The minimum absolute atomic E-state index is 0.162. The van der Waals surface area contributed by atoms with Crippen LogP contribution < -0.4 is 10.1 Å². The Morgan fingerprint density at radius 3 is 2.93 bits per heavy atom. The Morgan fingerprint density at radius 2 is 2.20 bits per heavy atom. The molecular formula is C11H11BrFNO. The second-order valence-corrected chi connectivity index (χ2v) is 4.96. The molecule has 1 atom stereocenters. The lowest BCUT2D eigenvalue weighted by Crippen LogP contribution is -2.24. The Balaban J connectivity index is 1.90. The van der Waals surface area contributed by atoms with Crippen molar-refractivity contribution in [3.8, 4) is 5.75 Å². The van der Waals surface area contributed by atoms with E-state index < -0.39 is 0 Å². The molecule has 1 saturated carbocycles. The van der Waals surface area contributed by atoms with Gasteiger partial charge in [0.1, 0.15) is 18.2 Å². The highest BCUT2D eigenvalue weighted by Gasteiger charge is 2.31. The largest absolute Gasteiger partial charge is 0.491 e. The van der Waals surface area contributed by atoms with Gasteiger partial charge in [0.2, 0.25) is 0 Å². The van der Waals surface area contributed by atoms with E-state index in [-0.39, 0.29) is 11.9 Å². The molecule has 0 amide bonds. The predicted molar refractivity (Wildman–Crippen MR) is 58.5 cm³/mol. The summed E-state index contributed by atoms with van der Waals surface area (Å²) in [5.41, 5.74) is 0.947. The maximum Gasteiger partial charge on any atom is 0.137 e. The number of nitrogens with one attached hydrogen (secondary N) is 1. The lowest BCUT2D eigenvalue weighted by Gasteiger charge is -2.10. The fourth-order valence-corrected chi connectivity index (χ4v) is 2.20. The molecule has 1 aromatic carbocycles. The van der Waals surface area contributed by atoms with Crippen molar-refractivity contribution in [2.24, 2.45) is 0 Å². The molecule has 15 heavy (non-hydrogen) atoms. The van der Waals surface area contributed by atoms with Crippen molar-refractivity contribution < 1.29 is 9.13 Å². The van der Waals surface area contributed by atoms with Crippen LogP contribution in [0.1, 0.15) is 24.4 Å². The predicted octanol–water partition coefficient (Wildman–Crippen LogP) is 2.77. The van der Waals surface area contributed by atoms with Crippen LogP contribution >= 0.6 is 15.9 Å². The van der Waals surface area contributed by atoms with Crippen LogP contribution in [-0.2, 0) is 0 Å². The molecule has 1 aliphatic carbocycles. The maximum atomic E-state index is 13.4. The molecule has 0 aromatic heterocycles. The third-order valence-electron chi connectivity index (χ3n) is 2.85. The van der Waals surface area contributed by atoms with Gasteiger partial charge in [-0.25, -0.2) is 4.39 Å². The molecule has 1 heterocycles. The Kier molecular flexibility index (Phi) is 2.21. The molecule has 1 aromatic rings. The Labute approximate surface area is 95.9 Å². The van der Waals surface area contributed by atoms with Crippen LogP contribution in [0.4, 0.5) is 4.39 Å². The van der Waals surface area contributed by atoms with Gasteiger partial charge in [0.25, 0.3) is 0 Å². The van der Waals surface area contributed by atoms with Gasteiger partial charge in [-0.15, -0.1) is 0 Å². The molecule has 0 bridgehead atoms. The number of hydrogen-bond acceptors (Lipinski definition) is 2. The zero-order valence-electron chi connectivity index (χ0n) is 8.09. The van der Waals surface area contributed by atoms with E-state index in [4.69, 9.17) is 4.74 Å². The molecule has 0 spiro atoms. The average molecular weight is 272 g/mol. The monoisotopic (exact) mass is 271 g/mol. The van der Waals surface area contributed by atoms with Crippen LogP contribution in [0.5, 0.6) is 5.75 Å². The number of halogens is 2. The molecule has 1 unspecified atom stereocenters. The zero-order valence-corrected chi connectivity index (χ0v) is 9.68. The molecule has 1 fully saturated rings. The highest BCUT2D eigenvalue weighted by atomic mass is 79.9. The van der Waals surface area contributed by atoms with Gasteiger partial charge < -0.3 is 10.1 Å². The van der Waals surface area contributed by atoms with Crippen LogP contribution in [-0.4, -0.2) is 12.6 Å². The summed E-state index contributed by atoms with van der Waals surface area (Å²) in [5, 5.41) is 3.45. The van der Waals surface area contributed by atoms with Crippen molar-refractivity contribution in [1.82, 2.24) is 5.32 Å². The molecule has 3 rings (SSSR count). The summed E-state index contributed by atoms with van der Waals surface area (Å²) >= 11 is 3.16. The van der Waals surface area contributed by atoms with E-state index in [2.05, 4.69) is 21.2 Å². The first-order valence-electron chi connectivity index (χ1n) is 5.12. The van der Waals surface area contributed by atoms with Gasteiger partial charge >= 0.3 is 0 Å². The summed E-state index contributed by atoms with van der Waals surface area (Å²) in [4.78, 5) is 0. The van der Waals surface area contributed by atoms with Gasteiger partial charge in [-0.3, -0.25) is 0 Å². The highest BCUT2D eigenvalue weighted by molar-refractivity contribution is 9.10. The topological polar surface area (TPSA) is 21.3 Å². The average Bonchev–Trinajstić information content (AvgIpc) is 2.94. The summed E-state index contributed by atoms with van der Waals surface area (Å²) in [6, 6.07) is 4.04. The SMILES string of the molecule is Fc1cc2c(cc1Br)OCC2NC1CC1. The third kappa shape index (κ3) is 1.76. The van der Waals surface area contributed by atoms with Crippen molar-refractivity contribution in [3.05, 3.63) is 28.0 Å². The van der Waals surface area contributed by atoms with E-state index in [0.29, 0.717) is 17.1 Å². The number of ether oxygens (including phenoxy) is 1. The van der Waals surface area contributed by atoms with Crippen molar-refractivity contribution >= 4 is 15.9 Å². The van der Waals surface area contributed by atoms with Crippen LogP contribution in [0.2, 0.25) is 0 Å². The number of rotatable bonds is 2. The van der Waals surface area contributed by atoms with Crippen molar-refractivity contribution in [2.45, 2.75) is 24.9 Å². The Hall–Kier alpha value is -0.610. The van der Waals surface area contributed by atoms with Gasteiger partial charge in [0, 0.05) is 11.6 Å². The van der Waals surface area contributed by atoms with E-state index in [0.717, 1.165) is 11.3 Å². The molecule has 0 radical (unpaired) electrons. The number of fused-ring (bicyclic) bond motifs is 1. The zero-order chi connectivity index (χ0) is 10.4. The summed E-state index contributed by atoms with van der Waals surface area (Å²) < 4.78 is 19.4. The van der Waals surface area contributed by atoms with Gasteiger partial charge in [-0.2, -0.15) is 0 Å². The van der Waals surface area contributed by atoms with E-state index in [1.54, 1.807) is 12.1 Å². The van der Waals surface area contributed by atoms with Gasteiger partial charge in [0.05, 0.1) is 10.5 Å². The molecular weight excluding hydrogens is 261 g/mol. The maximum absolute atomic E-state index is 13.4. The summed E-state index contributed by atoms with van der Waals surface area (Å²) in [7, 11) is 0. The normalized spacial score (nSPS) is 23.7. The molecule has 1 aliphatic heterocycles. The first-order valence-corrected chi connectivity index (χ1v) is 5.91. The van der Waals surface area contributed by atoms with Crippen LogP contribution in [0, 0.1) is 5.82 Å². The minimum atomic E-state index is -0.221. The highest BCUT2D eigenvalue weighted by Crippen LogP contribution is 2.37. The lowest BCUT2D eigenvalue weighted by atomic mass is 10.1. The van der Waals surface area contributed by atoms with Gasteiger partial charge in [-0.05, 0) is 40.9 Å². The first-order chi connectivity index (χ1) is 7.24. The molecule has 1 N–H and O–H groups in total. The van der Waals surface area contributed by atoms with E-state index in [9.17, 15) is 4.39 Å². The van der Waals surface area contributed by atoms with Crippen molar-refractivity contribution in [3.63, 3.8) is 0 Å². The number of hydrogen-bond donors (Lipinski definition) is 1. The lowest BCUT2D eigenvalue weighted by molar-refractivity contribution is 0.310. The summed E-state index contributed by atoms with van der Waals surface area (Å²) in [6.07, 6.45) is 2.45. The Morgan fingerprint density at radius 1 is 1.40 bits per heavy atom. The third-order valence-corrected chi connectivity index (χ3v) is 3.46. The molecule has 0 saturated heterocycles. The second-order valence-electron chi connectivity index (χ2n) is 4.11. The quantitative estimate of drug-likeness (QED) is 0.893. The standard InChI is InChI=1S/C11H11BrFNO/c12-8-4-11-7(3-9(8)13)10(5-15-11)14-6-1-2-6/h3-4,6,10,14H,1-2,5H2. The van der Waals surface area contributed by atoms with Crippen LogP contribution in [0.25, 0.3) is 0 Å². The first kappa shape index (κ1) is 9.60. The summed E-state index contributed by atoms with van der Waals surface area (Å²) in [6.45, 7) is 0.613.